The van der Waals surface area contributed by atoms with E-state index in [0.717, 1.165) is 6.54 Å². The lowest BCUT2D eigenvalue weighted by atomic mass is 9.85. The number of rotatable bonds is 6. The number of aliphatic carboxylic acids is 1. The minimum absolute atomic E-state index is 0.0475. The van der Waals surface area contributed by atoms with Crippen molar-refractivity contribution >= 4 is 12.0 Å². The van der Waals surface area contributed by atoms with Gasteiger partial charge in [-0.25, -0.2) is 4.79 Å². The van der Waals surface area contributed by atoms with Gasteiger partial charge in [-0.05, 0) is 32.6 Å². The second-order valence-electron chi connectivity index (χ2n) is 5.95. The molecule has 1 saturated carbocycles. The van der Waals surface area contributed by atoms with Crippen LogP contribution >= 0.6 is 0 Å². The molecular weight excluding hydrogens is 272 g/mol. The van der Waals surface area contributed by atoms with Crippen molar-refractivity contribution in [2.75, 3.05) is 32.8 Å². The van der Waals surface area contributed by atoms with Crippen LogP contribution in [-0.4, -0.2) is 65.8 Å². The maximum absolute atomic E-state index is 12.7. The van der Waals surface area contributed by atoms with Gasteiger partial charge in [0.2, 0.25) is 0 Å². The van der Waals surface area contributed by atoms with Crippen molar-refractivity contribution in [3.63, 3.8) is 0 Å². The summed E-state index contributed by atoms with van der Waals surface area (Å²) in [6, 6.07) is -0.399. The van der Waals surface area contributed by atoms with Gasteiger partial charge in [0.1, 0.15) is 5.92 Å². The number of carboxylic acid groups (broad SMARTS) is 1. The molecule has 2 unspecified atom stereocenters. The minimum Gasteiger partial charge on any atom is -0.481 e. The molecular formula is C15H26N2O4. The second kappa shape index (κ2) is 7.11. The van der Waals surface area contributed by atoms with Gasteiger partial charge in [0, 0.05) is 19.6 Å². The molecule has 2 atom stereocenters. The van der Waals surface area contributed by atoms with E-state index in [1.807, 2.05) is 18.7 Å². The topological polar surface area (TPSA) is 70.1 Å². The molecule has 120 valence electrons. The fraction of sp³-hybridized carbons (Fsp3) is 0.867. The predicted molar refractivity (Wildman–Crippen MR) is 78.1 cm³/mol. The number of carbonyl (C=O) groups excluding carboxylic acids is 1. The highest BCUT2D eigenvalue weighted by Gasteiger charge is 2.40. The molecule has 1 aliphatic heterocycles. The molecule has 21 heavy (non-hydrogen) atoms. The zero-order chi connectivity index (χ0) is 15.4. The normalized spacial score (nSPS) is 25.4. The molecule has 1 saturated heterocycles. The van der Waals surface area contributed by atoms with Crippen LogP contribution < -0.4 is 0 Å². The molecule has 2 rings (SSSR count). The molecule has 0 aromatic carbocycles. The van der Waals surface area contributed by atoms with E-state index in [1.54, 1.807) is 4.90 Å². The summed E-state index contributed by atoms with van der Waals surface area (Å²) in [5.74, 6) is -0.884. The van der Waals surface area contributed by atoms with Crippen LogP contribution in [0.5, 0.6) is 0 Å². The zero-order valence-electron chi connectivity index (χ0n) is 13.0. The number of ether oxygens (including phenoxy) is 1. The van der Waals surface area contributed by atoms with Gasteiger partial charge in [-0.15, -0.1) is 0 Å². The number of hydrogen-bond donors (Lipinski definition) is 1. The molecule has 1 N–H and O–H groups in total. The monoisotopic (exact) mass is 298 g/mol. The van der Waals surface area contributed by atoms with E-state index < -0.39 is 11.9 Å². The summed E-state index contributed by atoms with van der Waals surface area (Å²) in [4.78, 5) is 27.6. The highest BCUT2D eigenvalue weighted by Crippen LogP contribution is 2.28. The number of likely N-dealkylation sites (N-methyl/N-ethyl adjacent to an activating group) is 1. The van der Waals surface area contributed by atoms with Crippen LogP contribution in [0.2, 0.25) is 0 Å². The van der Waals surface area contributed by atoms with Crippen molar-refractivity contribution in [3.05, 3.63) is 0 Å². The van der Waals surface area contributed by atoms with Crippen LogP contribution in [0.4, 0.5) is 4.79 Å². The van der Waals surface area contributed by atoms with E-state index in [2.05, 4.69) is 0 Å². The van der Waals surface area contributed by atoms with Crippen LogP contribution in [0.25, 0.3) is 0 Å². The van der Waals surface area contributed by atoms with Crippen molar-refractivity contribution in [3.8, 4) is 0 Å². The number of urea groups is 1. The van der Waals surface area contributed by atoms with Crippen molar-refractivity contribution in [1.82, 2.24) is 9.80 Å². The Bertz CT molecular complexity index is 384. The first-order valence-corrected chi connectivity index (χ1v) is 7.94. The van der Waals surface area contributed by atoms with Crippen molar-refractivity contribution in [2.45, 2.75) is 39.2 Å². The third-order valence-corrected chi connectivity index (χ3v) is 4.71. The summed E-state index contributed by atoms with van der Waals surface area (Å²) < 4.78 is 5.30. The summed E-state index contributed by atoms with van der Waals surface area (Å²) in [6.07, 6.45) is 3.64. The molecule has 6 nitrogen and oxygen atoms in total. The first kappa shape index (κ1) is 16.1. The van der Waals surface area contributed by atoms with Crippen LogP contribution in [0.15, 0.2) is 0 Å². The average Bonchev–Trinajstić information content (AvgIpc) is 2.88. The van der Waals surface area contributed by atoms with E-state index in [1.165, 1.54) is 19.3 Å². The molecule has 0 aromatic heterocycles. The lowest BCUT2D eigenvalue weighted by Crippen LogP contribution is -2.53. The summed E-state index contributed by atoms with van der Waals surface area (Å²) in [5.41, 5.74) is 0. The predicted octanol–water partition coefficient (Wildman–Crippen LogP) is 1.65. The second-order valence-corrected chi connectivity index (χ2v) is 5.95. The third kappa shape index (κ3) is 3.48. The summed E-state index contributed by atoms with van der Waals surface area (Å²) in [7, 11) is 0. The average molecular weight is 298 g/mol. The quantitative estimate of drug-likeness (QED) is 0.809. The van der Waals surface area contributed by atoms with Crippen LogP contribution in [-0.2, 0) is 9.53 Å². The maximum atomic E-state index is 12.7. The zero-order valence-corrected chi connectivity index (χ0v) is 13.0. The van der Waals surface area contributed by atoms with Crippen molar-refractivity contribution in [2.24, 2.45) is 11.8 Å². The largest absolute Gasteiger partial charge is 0.481 e. The standard InChI is InChI=1S/C15H26N2O4/c1-3-16(8-11-6-5-7-11)15(20)17(4-2)13-10-21-9-12(13)14(18)19/h11-13H,3-10H2,1-2H3,(H,18,19). The van der Waals surface area contributed by atoms with E-state index in [4.69, 9.17) is 4.74 Å². The lowest BCUT2D eigenvalue weighted by molar-refractivity contribution is -0.142. The maximum Gasteiger partial charge on any atom is 0.320 e. The van der Waals surface area contributed by atoms with Gasteiger partial charge in [-0.1, -0.05) is 6.42 Å². The molecule has 2 amide bonds. The Kier molecular flexibility index (Phi) is 5.45. The molecule has 0 bridgehead atoms. The highest BCUT2D eigenvalue weighted by atomic mass is 16.5. The van der Waals surface area contributed by atoms with E-state index in [-0.39, 0.29) is 18.7 Å². The first-order chi connectivity index (χ1) is 10.1. The van der Waals surface area contributed by atoms with E-state index in [9.17, 15) is 14.7 Å². The Labute approximate surface area is 126 Å². The Morgan fingerprint density at radius 1 is 1.19 bits per heavy atom. The molecule has 0 radical (unpaired) electrons. The van der Waals surface area contributed by atoms with Gasteiger partial charge in [0.15, 0.2) is 0 Å². The molecule has 1 heterocycles. The van der Waals surface area contributed by atoms with Gasteiger partial charge >= 0.3 is 12.0 Å². The SMILES string of the molecule is CCN(CC1CCC1)C(=O)N(CC)C1COCC1C(=O)O. The van der Waals surface area contributed by atoms with Crippen molar-refractivity contribution < 1.29 is 19.4 Å². The smallest absolute Gasteiger partial charge is 0.320 e. The lowest BCUT2D eigenvalue weighted by Gasteiger charge is -2.37. The Balaban J connectivity index is 2.03. The van der Waals surface area contributed by atoms with Gasteiger partial charge in [-0.2, -0.15) is 0 Å². The fourth-order valence-corrected chi connectivity index (χ4v) is 3.11. The van der Waals surface area contributed by atoms with Gasteiger partial charge in [0.05, 0.1) is 19.3 Å². The van der Waals surface area contributed by atoms with Gasteiger partial charge in [0.25, 0.3) is 0 Å². The fourth-order valence-electron chi connectivity index (χ4n) is 3.11. The van der Waals surface area contributed by atoms with Crippen LogP contribution in [0.1, 0.15) is 33.1 Å². The Morgan fingerprint density at radius 3 is 2.38 bits per heavy atom. The first-order valence-electron chi connectivity index (χ1n) is 7.94. The highest BCUT2D eigenvalue weighted by molar-refractivity contribution is 5.77. The molecule has 6 heteroatoms. The number of carbonyl (C=O) groups is 2. The van der Waals surface area contributed by atoms with Gasteiger partial charge < -0.3 is 19.6 Å². The number of nitrogens with zero attached hydrogens (tertiary/aromatic N) is 2. The Hall–Kier alpha value is -1.30. The molecule has 2 aliphatic rings. The molecule has 1 aliphatic carbocycles. The van der Waals surface area contributed by atoms with Crippen molar-refractivity contribution in [1.29, 1.82) is 0 Å². The third-order valence-electron chi connectivity index (χ3n) is 4.71. The molecule has 0 spiro atoms. The van der Waals surface area contributed by atoms with Crippen LogP contribution in [0.3, 0.4) is 0 Å². The van der Waals surface area contributed by atoms with E-state index in [0.29, 0.717) is 25.6 Å². The Morgan fingerprint density at radius 2 is 1.90 bits per heavy atom. The number of amides is 2. The minimum atomic E-state index is -0.884. The summed E-state index contributed by atoms with van der Waals surface area (Å²) in [6.45, 7) is 6.35. The number of hydrogen-bond acceptors (Lipinski definition) is 3. The number of carboxylic acids is 1. The summed E-state index contributed by atoms with van der Waals surface area (Å²) in [5, 5.41) is 9.27. The molecule has 0 aromatic rings. The van der Waals surface area contributed by atoms with E-state index >= 15 is 0 Å². The summed E-state index contributed by atoms with van der Waals surface area (Å²) >= 11 is 0. The molecule has 2 fully saturated rings. The van der Waals surface area contributed by atoms with Crippen LogP contribution in [0, 0.1) is 11.8 Å². The van der Waals surface area contributed by atoms with Gasteiger partial charge in [-0.3, -0.25) is 4.79 Å².